The largest absolute Gasteiger partial charge is 0.339 e. The van der Waals surface area contributed by atoms with E-state index in [4.69, 9.17) is 17.3 Å². The van der Waals surface area contributed by atoms with Gasteiger partial charge in [-0.2, -0.15) is 0 Å². The molecule has 2 rings (SSSR count). The summed E-state index contributed by atoms with van der Waals surface area (Å²) in [6.07, 6.45) is 1.55. The summed E-state index contributed by atoms with van der Waals surface area (Å²) < 4.78 is 0. The van der Waals surface area contributed by atoms with Gasteiger partial charge in [-0.3, -0.25) is 14.5 Å². The molecule has 3 N–H and O–H groups in total. The predicted molar refractivity (Wildman–Crippen MR) is 101 cm³/mol. The number of nitrogens with zero attached hydrogens (tertiary/aromatic N) is 2. The standard InChI is InChI=1S/C18H27ClN4O2/c1-3-8-18(2,20)17(25)23-11-9-22(10-12-23)13-16(24)21-15-7-5-4-6-14(15)19/h4-7H,3,8-13,20H2,1-2H3,(H,21,24). The zero-order chi connectivity index (χ0) is 18.4. The molecule has 1 unspecified atom stereocenters. The number of nitrogens with one attached hydrogen (secondary N) is 1. The summed E-state index contributed by atoms with van der Waals surface area (Å²) in [6.45, 7) is 6.59. The first-order chi connectivity index (χ1) is 11.8. The number of hydrogen-bond donors (Lipinski definition) is 2. The van der Waals surface area contributed by atoms with Gasteiger partial charge in [-0.25, -0.2) is 0 Å². The van der Waals surface area contributed by atoms with E-state index in [0.717, 1.165) is 6.42 Å². The zero-order valence-corrected chi connectivity index (χ0v) is 15.7. The van der Waals surface area contributed by atoms with Gasteiger partial charge < -0.3 is 16.0 Å². The average molecular weight is 367 g/mol. The number of nitrogens with two attached hydrogens (primary N) is 1. The molecule has 0 aromatic heterocycles. The molecule has 2 amide bonds. The van der Waals surface area contributed by atoms with Gasteiger partial charge in [-0.15, -0.1) is 0 Å². The van der Waals surface area contributed by atoms with Crippen molar-refractivity contribution >= 4 is 29.1 Å². The van der Waals surface area contributed by atoms with E-state index >= 15 is 0 Å². The maximum Gasteiger partial charge on any atom is 0.242 e. The number of anilines is 1. The van der Waals surface area contributed by atoms with Crippen molar-refractivity contribution in [2.45, 2.75) is 32.2 Å². The topological polar surface area (TPSA) is 78.7 Å². The highest BCUT2D eigenvalue weighted by Crippen LogP contribution is 2.20. The summed E-state index contributed by atoms with van der Waals surface area (Å²) in [5, 5.41) is 3.34. The van der Waals surface area contributed by atoms with Crippen LogP contribution in [-0.2, 0) is 9.59 Å². The average Bonchev–Trinajstić information content (AvgIpc) is 2.57. The summed E-state index contributed by atoms with van der Waals surface area (Å²) in [4.78, 5) is 28.5. The second-order valence-electron chi connectivity index (χ2n) is 6.76. The number of amides is 2. The molecule has 1 saturated heterocycles. The second-order valence-corrected chi connectivity index (χ2v) is 7.17. The third kappa shape index (κ3) is 5.42. The van der Waals surface area contributed by atoms with Gasteiger partial charge in [0.2, 0.25) is 11.8 Å². The highest BCUT2D eigenvalue weighted by Gasteiger charge is 2.33. The summed E-state index contributed by atoms with van der Waals surface area (Å²) >= 11 is 6.05. The van der Waals surface area contributed by atoms with Crippen molar-refractivity contribution in [2.24, 2.45) is 5.73 Å². The SMILES string of the molecule is CCCC(C)(N)C(=O)N1CCN(CC(=O)Nc2ccccc2Cl)CC1. The third-order valence-electron chi connectivity index (χ3n) is 4.43. The van der Waals surface area contributed by atoms with Gasteiger partial charge in [-0.1, -0.05) is 37.1 Å². The number of piperazine rings is 1. The fraction of sp³-hybridized carbons (Fsp3) is 0.556. The van der Waals surface area contributed by atoms with Gasteiger partial charge in [0.15, 0.2) is 0 Å². The van der Waals surface area contributed by atoms with Crippen molar-refractivity contribution < 1.29 is 9.59 Å². The Hall–Kier alpha value is -1.63. The van der Waals surface area contributed by atoms with Crippen LogP contribution in [0.2, 0.25) is 5.02 Å². The minimum atomic E-state index is -0.807. The van der Waals surface area contributed by atoms with Crippen molar-refractivity contribution in [1.29, 1.82) is 0 Å². The Balaban J connectivity index is 1.81. The van der Waals surface area contributed by atoms with Crippen molar-refractivity contribution in [1.82, 2.24) is 9.80 Å². The van der Waals surface area contributed by atoms with Crippen LogP contribution in [0.15, 0.2) is 24.3 Å². The highest BCUT2D eigenvalue weighted by atomic mass is 35.5. The molecule has 0 bridgehead atoms. The van der Waals surface area contributed by atoms with Crippen LogP contribution >= 0.6 is 11.6 Å². The molecule has 6 nitrogen and oxygen atoms in total. The molecule has 25 heavy (non-hydrogen) atoms. The van der Waals surface area contributed by atoms with E-state index in [2.05, 4.69) is 5.32 Å². The lowest BCUT2D eigenvalue weighted by Gasteiger charge is -2.38. The summed E-state index contributed by atoms with van der Waals surface area (Å²) in [6, 6.07) is 7.15. The molecule has 1 aromatic carbocycles. The quantitative estimate of drug-likeness (QED) is 0.806. The second kappa shape index (κ2) is 8.65. The smallest absolute Gasteiger partial charge is 0.242 e. The fourth-order valence-electron chi connectivity index (χ4n) is 3.05. The third-order valence-corrected chi connectivity index (χ3v) is 4.76. The molecule has 0 spiro atoms. The number of carbonyl (C=O) groups excluding carboxylic acids is 2. The predicted octanol–water partition coefficient (Wildman–Crippen LogP) is 1.94. The summed E-state index contributed by atoms with van der Waals surface area (Å²) in [5.41, 5.74) is 5.94. The number of hydrogen-bond acceptors (Lipinski definition) is 4. The van der Waals surface area contributed by atoms with E-state index in [9.17, 15) is 9.59 Å². The molecular weight excluding hydrogens is 340 g/mol. The van der Waals surface area contributed by atoms with Crippen LogP contribution in [0.1, 0.15) is 26.7 Å². The molecule has 0 radical (unpaired) electrons. The normalized spacial score (nSPS) is 17.8. The number of para-hydroxylation sites is 1. The van der Waals surface area contributed by atoms with E-state index in [1.54, 1.807) is 24.0 Å². The van der Waals surface area contributed by atoms with Gasteiger partial charge in [-0.05, 0) is 25.5 Å². The fourth-order valence-corrected chi connectivity index (χ4v) is 3.23. The van der Waals surface area contributed by atoms with Crippen LogP contribution in [0.4, 0.5) is 5.69 Å². The Bertz CT molecular complexity index is 613. The minimum Gasteiger partial charge on any atom is -0.339 e. The maximum atomic E-state index is 12.5. The molecule has 1 atom stereocenters. The molecule has 7 heteroatoms. The Morgan fingerprint density at radius 1 is 1.24 bits per heavy atom. The van der Waals surface area contributed by atoms with Crippen LogP contribution in [-0.4, -0.2) is 59.9 Å². The van der Waals surface area contributed by atoms with Crippen LogP contribution in [0.3, 0.4) is 0 Å². The van der Waals surface area contributed by atoms with Crippen LogP contribution in [0.25, 0.3) is 0 Å². The number of rotatable bonds is 6. The Morgan fingerprint density at radius 3 is 2.48 bits per heavy atom. The Kier molecular flexibility index (Phi) is 6.81. The minimum absolute atomic E-state index is 0.00508. The molecule has 1 aromatic rings. The first kappa shape index (κ1) is 19.7. The number of halogens is 1. The number of carbonyl (C=O) groups is 2. The lowest BCUT2D eigenvalue weighted by molar-refractivity contribution is -0.138. The van der Waals surface area contributed by atoms with E-state index in [1.807, 2.05) is 24.0 Å². The van der Waals surface area contributed by atoms with Gasteiger partial charge >= 0.3 is 0 Å². The van der Waals surface area contributed by atoms with Gasteiger partial charge in [0.25, 0.3) is 0 Å². The molecule has 1 aliphatic heterocycles. The first-order valence-corrected chi connectivity index (χ1v) is 9.06. The van der Waals surface area contributed by atoms with E-state index < -0.39 is 5.54 Å². The lowest BCUT2D eigenvalue weighted by Crippen LogP contribution is -2.58. The molecule has 0 aliphatic carbocycles. The van der Waals surface area contributed by atoms with Crippen LogP contribution < -0.4 is 11.1 Å². The molecule has 1 heterocycles. The van der Waals surface area contributed by atoms with Crippen molar-refractivity contribution in [2.75, 3.05) is 38.0 Å². The first-order valence-electron chi connectivity index (χ1n) is 8.68. The van der Waals surface area contributed by atoms with Crippen molar-refractivity contribution in [3.05, 3.63) is 29.3 Å². The molecule has 138 valence electrons. The summed E-state index contributed by atoms with van der Waals surface area (Å²) in [7, 11) is 0. The zero-order valence-electron chi connectivity index (χ0n) is 14.9. The van der Waals surface area contributed by atoms with Crippen molar-refractivity contribution in [3.63, 3.8) is 0 Å². The van der Waals surface area contributed by atoms with Crippen LogP contribution in [0.5, 0.6) is 0 Å². The van der Waals surface area contributed by atoms with E-state index in [-0.39, 0.29) is 18.4 Å². The maximum absolute atomic E-state index is 12.5. The van der Waals surface area contributed by atoms with Gasteiger partial charge in [0.05, 0.1) is 22.8 Å². The van der Waals surface area contributed by atoms with Gasteiger partial charge in [0, 0.05) is 26.2 Å². The van der Waals surface area contributed by atoms with E-state index in [1.165, 1.54) is 0 Å². The van der Waals surface area contributed by atoms with Crippen LogP contribution in [0, 0.1) is 0 Å². The molecule has 1 aliphatic rings. The lowest BCUT2D eigenvalue weighted by atomic mass is 9.95. The highest BCUT2D eigenvalue weighted by molar-refractivity contribution is 6.33. The monoisotopic (exact) mass is 366 g/mol. The Morgan fingerprint density at radius 2 is 1.88 bits per heavy atom. The molecule has 0 saturated carbocycles. The molecular formula is C18H27ClN4O2. The number of benzene rings is 1. The van der Waals surface area contributed by atoms with Crippen molar-refractivity contribution in [3.8, 4) is 0 Å². The Labute approximate surface area is 154 Å². The van der Waals surface area contributed by atoms with E-state index in [0.29, 0.717) is 43.3 Å². The molecule has 1 fully saturated rings. The van der Waals surface area contributed by atoms with Gasteiger partial charge in [0.1, 0.15) is 0 Å². The summed E-state index contributed by atoms with van der Waals surface area (Å²) in [5.74, 6) is -0.114.